The maximum atomic E-state index is 8.80. The first-order chi connectivity index (χ1) is 12.3. The zero-order valence-corrected chi connectivity index (χ0v) is 14.2. The van der Waals surface area contributed by atoms with Gasteiger partial charge >= 0.3 is 0 Å². The van der Waals surface area contributed by atoms with Gasteiger partial charge in [-0.2, -0.15) is 0 Å². The quantitative estimate of drug-likeness (QED) is 0.737. The minimum absolute atomic E-state index is 0.0727. The van der Waals surface area contributed by atoms with Crippen molar-refractivity contribution in [2.75, 3.05) is 13.2 Å². The molecule has 0 saturated carbocycles. The van der Waals surface area contributed by atoms with Crippen LogP contribution in [0.4, 0.5) is 0 Å². The Hall–Kier alpha value is -2.75. The monoisotopic (exact) mass is 352 g/mol. The van der Waals surface area contributed by atoms with Gasteiger partial charge in [-0.3, -0.25) is 0 Å². The molecule has 4 rings (SSSR count). The van der Waals surface area contributed by atoms with Crippen molar-refractivity contribution in [1.29, 1.82) is 0 Å². The van der Waals surface area contributed by atoms with Crippen LogP contribution in [-0.4, -0.2) is 34.0 Å². The van der Waals surface area contributed by atoms with Crippen LogP contribution in [0.3, 0.4) is 0 Å². The van der Waals surface area contributed by atoms with Crippen LogP contribution >= 0.6 is 11.3 Å². The summed E-state index contributed by atoms with van der Waals surface area (Å²) in [6.45, 7) is 1.02. The second-order valence-corrected chi connectivity index (χ2v) is 6.61. The van der Waals surface area contributed by atoms with Crippen LogP contribution in [0.5, 0.6) is 11.5 Å². The van der Waals surface area contributed by atoms with Crippen molar-refractivity contribution < 1.29 is 14.6 Å². The molecular weight excluding hydrogens is 336 g/mol. The van der Waals surface area contributed by atoms with Crippen LogP contribution in [0, 0.1) is 11.8 Å². The van der Waals surface area contributed by atoms with Crippen LogP contribution in [-0.2, 0) is 6.54 Å². The molecule has 6 heteroatoms. The molecular formula is C19H16N2O3S. The number of hydrogen-bond acceptors (Lipinski definition) is 5. The Morgan fingerprint density at radius 2 is 2.12 bits per heavy atom. The van der Waals surface area contributed by atoms with Crippen molar-refractivity contribution in [3.05, 3.63) is 53.7 Å². The maximum absolute atomic E-state index is 8.80. The molecule has 0 radical (unpaired) electrons. The van der Waals surface area contributed by atoms with E-state index in [1.54, 1.807) is 17.5 Å². The molecule has 5 nitrogen and oxygen atoms in total. The zero-order chi connectivity index (χ0) is 17.1. The third kappa shape index (κ3) is 3.38. The molecule has 0 amide bonds. The number of aliphatic hydroxyl groups excluding tert-OH is 1. The second-order valence-electron chi connectivity index (χ2n) is 5.52. The highest BCUT2D eigenvalue weighted by atomic mass is 32.1. The molecule has 0 spiro atoms. The number of rotatable bonds is 3. The number of thiophene rings is 1. The SMILES string of the molecule is OCC#Cc1ccc(-c2nccn2C[C@@H]2COc3ccccc3O2)s1. The molecule has 1 atom stereocenters. The summed E-state index contributed by atoms with van der Waals surface area (Å²) in [5, 5.41) is 8.80. The smallest absolute Gasteiger partial charge is 0.161 e. The number of aliphatic hydroxyl groups is 1. The number of ether oxygens (including phenoxy) is 2. The molecule has 0 saturated heterocycles. The van der Waals surface area contributed by atoms with Crippen LogP contribution < -0.4 is 9.47 Å². The molecule has 1 aliphatic rings. The Morgan fingerprint density at radius 3 is 3.00 bits per heavy atom. The third-order valence-electron chi connectivity index (χ3n) is 3.80. The average Bonchev–Trinajstić information content (AvgIpc) is 3.29. The Bertz CT molecular complexity index is 935. The fraction of sp³-hybridized carbons (Fsp3) is 0.211. The molecule has 3 heterocycles. The molecule has 1 N–H and O–H groups in total. The van der Waals surface area contributed by atoms with E-state index in [0.717, 1.165) is 27.1 Å². The molecule has 25 heavy (non-hydrogen) atoms. The Balaban J connectivity index is 1.52. The average molecular weight is 352 g/mol. The van der Waals surface area contributed by atoms with Gasteiger partial charge in [-0.15, -0.1) is 11.3 Å². The molecule has 1 aromatic carbocycles. The van der Waals surface area contributed by atoms with E-state index in [1.807, 2.05) is 42.6 Å². The van der Waals surface area contributed by atoms with Gasteiger partial charge < -0.3 is 19.1 Å². The third-order valence-corrected chi connectivity index (χ3v) is 4.80. The lowest BCUT2D eigenvalue weighted by Crippen LogP contribution is -2.33. The van der Waals surface area contributed by atoms with E-state index in [0.29, 0.717) is 13.2 Å². The largest absolute Gasteiger partial charge is 0.486 e. The summed E-state index contributed by atoms with van der Waals surface area (Å²) in [6.07, 6.45) is 3.65. The summed E-state index contributed by atoms with van der Waals surface area (Å²) in [5.74, 6) is 8.03. The predicted molar refractivity (Wildman–Crippen MR) is 95.9 cm³/mol. The number of para-hydroxylation sites is 2. The molecule has 3 aromatic rings. The maximum Gasteiger partial charge on any atom is 0.161 e. The van der Waals surface area contributed by atoms with Crippen LogP contribution in [0.2, 0.25) is 0 Å². The minimum atomic E-state index is -0.137. The highest BCUT2D eigenvalue weighted by molar-refractivity contribution is 7.15. The van der Waals surface area contributed by atoms with Crippen molar-refractivity contribution in [2.45, 2.75) is 12.6 Å². The van der Waals surface area contributed by atoms with Gasteiger partial charge in [0.25, 0.3) is 0 Å². The summed E-state index contributed by atoms with van der Waals surface area (Å²) < 4.78 is 13.9. The number of nitrogens with zero attached hydrogens (tertiary/aromatic N) is 2. The molecule has 0 fully saturated rings. The number of fused-ring (bicyclic) bond motifs is 1. The normalized spacial score (nSPS) is 15.5. The Morgan fingerprint density at radius 1 is 1.24 bits per heavy atom. The van der Waals surface area contributed by atoms with E-state index in [4.69, 9.17) is 14.6 Å². The van der Waals surface area contributed by atoms with E-state index >= 15 is 0 Å². The van der Waals surface area contributed by atoms with E-state index in [2.05, 4.69) is 21.4 Å². The first-order valence-electron chi connectivity index (χ1n) is 7.93. The first-order valence-corrected chi connectivity index (χ1v) is 8.74. The lowest BCUT2D eigenvalue weighted by molar-refractivity contribution is 0.0789. The minimum Gasteiger partial charge on any atom is -0.486 e. The standard InChI is InChI=1S/C19H16N2O3S/c22-11-3-4-15-7-8-18(25-15)19-20-9-10-21(19)12-14-13-23-16-5-1-2-6-17(16)24-14/h1-2,5-10,14,22H,11-13H2/t14-/m1/s1. The van der Waals surface area contributed by atoms with Gasteiger partial charge in [-0.25, -0.2) is 4.98 Å². The van der Waals surface area contributed by atoms with Gasteiger partial charge in [0.15, 0.2) is 17.6 Å². The van der Waals surface area contributed by atoms with Crippen molar-refractivity contribution >= 4 is 11.3 Å². The molecule has 0 bridgehead atoms. The summed E-state index contributed by atoms with van der Waals surface area (Å²) in [6, 6.07) is 11.6. The Kier molecular flexibility index (Phi) is 4.42. The molecule has 0 aliphatic carbocycles. The highest BCUT2D eigenvalue weighted by Crippen LogP contribution is 2.32. The summed E-state index contributed by atoms with van der Waals surface area (Å²) >= 11 is 1.56. The first kappa shape index (κ1) is 15.8. The van der Waals surface area contributed by atoms with Gasteiger partial charge in [0, 0.05) is 12.4 Å². The fourth-order valence-corrected chi connectivity index (χ4v) is 3.60. The zero-order valence-electron chi connectivity index (χ0n) is 13.4. The van der Waals surface area contributed by atoms with E-state index in [9.17, 15) is 0 Å². The Labute approximate surface area is 149 Å². The number of aromatic nitrogens is 2. The van der Waals surface area contributed by atoms with Crippen LogP contribution in [0.15, 0.2) is 48.8 Å². The van der Waals surface area contributed by atoms with Gasteiger partial charge in [-0.1, -0.05) is 24.0 Å². The fourth-order valence-electron chi connectivity index (χ4n) is 2.71. The van der Waals surface area contributed by atoms with E-state index in [-0.39, 0.29) is 12.7 Å². The molecule has 0 unspecified atom stereocenters. The number of imidazole rings is 1. The van der Waals surface area contributed by atoms with Gasteiger partial charge in [0.2, 0.25) is 0 Å². The van der Waals surface area contributed by atoms with Crippen molar-refractivity contribution in [1.82, 2.24) is 9.55 Å². The molecule has 2 aromatic heterocycles. The highest BCUT2D eigenvalue weighted by Gasteiger charge is 2.22. The van der Waals surface area contributed by atoms with Crippen LogP contribution in [0.25, 0.3) is 10.7 Å². The van der Waals surface area contributed by atoms with E-state index < -0.39 is 0 Å². The summed E-state index contributed by atoms with van der Waals surface area (Å²) in [5.41, 5.74) is 0. The van der Waals surface area contributed by atoms with E-state index in [1.165, 1.54) is 0 Å². The van der Waals surface area contributed by atoms with Crippen molar-refractivity contribution in [3.8, 4) is 34.0 Å². The molecule has 1 aliphatic heterocycles. The predicted octanol–water partition coefficient (Wildman–Crippen LogP) is 2.80. The second kappa shape index (κ2) is 7.01. The van der Waals surface area contributed by atoms with Gasteiger partial charge in [-0.05, 0) is 24.3 Å². The number of hydrogen-bond donors (Lipinski definition) is 1. The molecule has 126 valence electrons. The topological polar surface area (TPSA) is 56.5 Å². The van der Waals surface area contributed by atoms with Gasteiger partial charge in [0.05, 0.1) is 16.3 Å². The summed E-state index contributed by atoms with van der Waals surface area (Å²) in [7, 11) is 0. The van der Waals surface area contributed by atoms with Crippen molar-refractivity contribution in [3.63, 3.8) is 0 Å². The lowest BCUT2D eigenvalue weighted by atomic mass is 10.2. The van der Waals surface area contributed by atoms with Crippen molar-refractivity contribution in [2.24, 2.45) is 0 Å². The van der Waals surface area contributed by atoms with Gasteiger partial charge in [0.1, 0.15) is 19.0 Å². The lowest BCUT2D eigenvalue weighted by Gasteiger charge is -2.27. The number of benzene rings is 1. The van der Waals surface area contributed by atoms with Crippen LogP contribution in [0.1, 0.15) is 4.88 Å². The summed E-state index contributed by atoms with van der Waals surface area (Å²) in [4.78, 5) is 6.41.